The van der Waals surface area contributed by atoms with Gasteiger partial charge in [-0.15, -0.1) is 0 Å². The summed E-state index contributed by atoms with van der Waals surface area (Å²) in [6, 6.07) is 3.03. The maximum atomic E-state index is 12.5. The molecule has 0 N–H and O–H groups in total. The van der Waals surface area contributed by atoms with E-state index >= 15 is 0 Å². The number of nitrogens with zero attached hydrogens (tertiary/aromatic N) is 1. The molecule has 2 aliphatic heterocycles. The highest BCUT2D eigenvalue weighted by molar-refractivity contribution is 6.49. The number of carbonyl (C=O) groups excluding carboxylic acids is 2. The van der Waals surface area contributed by atoms with E-state index in [0.717, 1.165) is 0 Å². The van der Waals surface area contributed by atoms with E-state index in [0.29, 0.717) is 16.5 Å². The van der Waals surface area contributed by atoms with E-state index in [4.69, 9.17) is 32.7 Å². The van der Waals surface area contributed by atoms with Gasteiger partial charge in [0.25, 0.3) is 5.91 Å². The number of alkyl halides is 1. The summed E-state index contributed by atoms with van der Waals surface area (Å²) in [5.41, 5.74) is 0.694. The molecule has 20 heavy (non-hydrogen) atoms. The number of rotatable bonds is 2. The highest BCUT2D eigenvalue weighted by Crippen LogP contribution is 2.52. The number of carbonyl (C=O) groups is 2. The molecule has 1 amide bonds. The predicted octanol–water partition coefficient (Wildman–Crippen LogP) is 2.55. The zero-order valence-electron chi connectivity index (χ0n) is 10.4. The smallest absolute Gasteiger partial charge is 0.341 e. The molecule has 0 radical (unpaired) electrons. The van der Waals surface area contributed by atoms with E-state index in [1.54, 1.807) is 13.0 Å². The van der Waals surface area contributed by atoms with Crippen molar-refractivity contribution in [3.8, 4) is 5.75 Å². The molecule has 7 heteroatoms. The van der Waals surface area contributed by atoms with Gasteiger partial charge in [0.2, 0.25) is 4.87 Å². The van der Waals surface area contributed by atoms with Crippen LogP contribution in [0.2, 0.25) is 5.02 Å². The van der Waals surface area contributed by atoms with Gasteiger partial charge in [0.15, 0.2) is 5.75 Å². The number of anilines is 1. The predicted molar refractivity (Wildman–Crippen MR) is 72.9 cm³/mol. The zero-order valence-corrected chi connectivity index (χ0v) is 11.9. The monoisotopic (exact) mass is 313 g/mol. The second-order valence-corrected chi connectivity index (χ2v) is 5.26. The van der Waals surface area contributed by atoms with E-state index in [-0.39, 0.29) is 12.2 Å². The molecule has 0 saturated heterocycles. The number of esters is 1. The summed E-state index contributed by atoms with van der Waals surface area (Å²) < 4.78 is 10.2. The van der Waals surface area contributed by atoms with Crippen molar-refractivity contribution in [2.24, 2.45) is 0 Å². The first kappa shape index (κ1) is 13.3. The molecule has 0 bridgehead atoms. The number of halogens is 2. The molecule has 0 fully saturated rings. The highest BCUT2D eigenvalue weighted by atomic mass is 35.5. The van der Waals surface area contributed by atoms with Gasteiger partial charge in [-0.25, -0.2) is 4.79 Å². The molecule has 1 aromatic rings. The van der Waals surface area contributed by atoms with Gasteiger partial charge < -0.3 is 9.47 Å². The topological polar surface area (TPSA) is 55.8 Å². The van der Waals surface area contributed by atoms with Crippen LogP contribution in [0.4, 0.5) is 5.69 Å². The van der Waals surface area contributed by atoms with Crippen molar-refractivity contribution in [2.45, 2.75) is 11.8 Å². The van der Waals surface area contributed by atoms with Crippen LogP contribution < -0.4 is 9.64 Å². The Balaban J connectivity index is 2.25. The molecular weight excluding hydrogens is 305 g/mol. The Kier molecular flexibility index (Phi) is 2.92. The number of hydrogen-bond acceptors (Lipinski definition) is 4. The van der Waals surface area contributed by atoms with Crippen molar-refractivity contribution in [2.75, 3.05) is 11.5 Å². The lowest BCUT2D eigenvalue weighted by atomic mass is 9.99. The standard InChI is InChI=1S/C13H9Cl2NO4/c1-2-19-12(18)13(15)8-5-7(14)6-9-10(8)16(11(13)17)3-4-20-9/h3-6H,2H2,1H3. The van der Waals surface area contributed by atoms with Gasteiger partial charge in [0, 0.05) is 22.9 Å². The lowest BCUT2D eigenvalue weighted by Gasteiger charge is -2.19. The summed E-state index contributed by atoms with van der Waals surface area (Å²) in [6.45, 7) is 1.76. The Bertz CT molecular complexity index is 658. The maximum Gasteiger partial charge on any atom is 0.341 e. The SMILES string of the molecule is CCOC(=O)C1(Cl)C(=O)N2C=COc3cc(Cl)cc1c32. The van der Waals surface area contributed by atoms with Crippen LogP contribution >= 0.6 is 23.2 Å². The molecule has 2 aliphatic rings. The molecule has 1 aromatic carbocycles. The molecule has 1 unspecified atom stereocenters. The minimum Gasteiger partial charge on any atom is -0.464 e. The molecule has 0 spiro atoms. The van der Waals surface area contributed by atoms with Gasteiger partial charge in [-0.05, 0) is 13.0 Å². The number of ether oxygens (including phenoxy) is 2. The van der Waals surface area contributed by atoms with E-state index in [9.17, 15) is 9.59 Å². The Hall–Kier alpha value is -1.72. The Labute approximate surface area is 124 Å². The summed E-state index contributed by atoms with van der Waals surface area (Å²) >= 11 is 12.3. The second kappa shape index (κ2) is 4.40. The third-order valence-corrected chi connectivity index (χ3v) is 3.86. The third kappa shape index (κ3) is 1.57. The molecule has 5 nitrogen and oxygen atoms in total. The Morgan fingerprint density at radius 1 is 1.50 bits per heavy atom. The van der Waals surface area contributed by atoms with Crippen molar-refractivity contribution in [1.29, 1.82) is 0 Å². The lowest BCUT2D eigenvalue weighted by Crippen LogP contribution is -2.41. The fourth-order valence-electron chi connectivity index (χ4n) is 2.29. The normalized spacial score (nSPS) is 22.6. The molecule has 3 rings (SSSR count). The van der Waals surface area contributed by atoms with E-state index in [1.807, 2.05) is 0 Å². The molecule has 2 heterocycles. The first-order valence-corrected chi connectivity index (χ1v) is 6.63. The van der Waals surface area contributed by atoms with E-state index < -0.39 is 16.8 Å². The second-order valence-electron chi connectivity index (χ2n) is 4.26. The van der Waals surface area contributed by atoms with Gasteiger partial charge in [-0.1, -0.05) is 23.2 Å². The highest BCUT2D eigenvalue weighted by Gasteiger charge is 2.58. The van der Waals surface area contributed by atoms with Crippen LogP contribution in [-0.4, -0.2) is 18.5 Å². The Morgan fingerprint density at radius 2 is 2.25 bits per heavy atom. The quantitative estimate of drug-likeness (QED) is 0.478. The number of benzene rings is 1. The van der Waals surface area contributed by atoms with Crippen LogP contribution in [0.5, 0.6) is 5.75 Å². The van der Waals surface area contributed by atoms with Crippen molar-refractivity contribution in [3.05, 3.63) is 35.2 Å². The summed E-state index contributed by atoms with van der Waals surface area (Å²) in [6.07, 6.45) is 2.74. The van der Waals surface area contributed by atoms with Crippen LogP contribution in [0, 0.1) is 0 Å². The van der Waals surface area contributed by atoms with Gasteiger partial charge >= 0.3 is 5.97 Å². The summed E-state index contributed by atoms with van der Waals surface area (Å²) in [5, 5.41) is 0.318. The summed E-state index contributed by atoms with van der Waals surface area (Å²) in [5.74, 6) is -1.05. The van der Waals surface area contributed by atoms with Crippen LogP contribution in [0.1, 0.15) is 12.5 Å². The van der Waals surface area contributed by atoms with E-state index in [2.05, 4.69) is 0 Å². The van der Waals surface area contributed by atoms with Gasteiger partial charge in [0.05, 0.1) is 12.3 Å². The number of amides is 1. The molecule has 1 atom stereocenters. The average Bonchev–Trinajstić information content (AvgIpc) is 2.64. The van der Waals surface area contributed by atoms with Crippen LogP contribution in [-0.2, 0) is 19.2 Å². The van der Waals surface area contributed by atoms with Crippen LogP contribution in [0.25, 0.3) is 0 Å². The largest absolute Gasteiger partial charge is 0.464 e. The first-order valence-electron chi connectivity index (χ1n) is 5.87. The van der Waals surface area contributed by atoms with Crippen LogP contribution in [0.15, 0.2) is 24.6 Å². The molecular formula is C13H9Cl2NO4. The van der Waals surface area contributed by atoms with Crippen molar-refractivity contribution >= 4 is 40.8 Å². The van der Waals surface area contributed by atoms with Crippen LogP contribution in [0.3, 0.4) is 0 Å². The summed E-state index contributed by atoms with van der Waals surface area (Å²) in [7, 11) is 0. The molecule has 104 valence electrons. The van der Waals surface area contributed by atoms with Crippen molar-refractivity contribution in [1.82, 2.24) is 0 Å². The molecule has 0 saturated carbocycles. The summed E-state index contributed by atoms with van der Waals surface area (Å²) in [4.78, 5) is 24.0. The minimum absolute atomic E-state index is 0.121. The van der Waals surface area contributed by atoms with Crippen molar-refractivity contribution in [3.63, 3.8) is 0 Å². The maximum absolute atomic E-state index is 12.5. The Morgan fingerprint density at radius 3 is 2.95 bits per heavy atom. The fraction of sp³-hybridized carbons (Fsp3) is 0.231. The minimum atomic E-state index is -1.93. The first-order chi connectivity index (χ1) is 9.50. The van der Waals surface area contributed by atoms with Gasteiger partial charge in [0.1, 0.15) is 6.26 Å². The van der Waals surface area contributed by atoms with Gasteiger partial charge in [-0.2, -0.15) is 0 Å². The average molecular weight is 314 g/mol. The van der Waals surface area contributed by atoms with Crippen molar-refractivity contribution < 1.29 is 19.1 Å². The van der Waals surface area contributed by atoms with E-state index in [1.165, 1.54) is 23.4 Å². The molecule has 0 aromatic heterocycles. The number of hydrogen-bond donors (Lipinski definition) is 0. The fourth-order valence-corrected chi connectivity index (χ4v) is 2.79. The molecule has 0 aliphatic carbocycles. The van der Waals surface area contributed by atoms with Gasteiger partial charge in [-0.3, -0.25) is 9.69 Å². The third-order valence-electron chi connectivity index (χ3n) is 3.13. The lowest BCUT2D eigenvalue weighted by molar-refractivity contribution is -0.149. The zero-order chi connectivity index (χ0) is 14.5.